The SMILES string of the molecule is C=C/C=C(C(=O)Oc1ccc(C(N)=S)cc1)\C(O)=C/C. The second-order valence-corrected chi connectivity index (χ2v) is 4.21. The van der Waals surface area contributed by atoms with E-state index >= 15 is 0 Å². The fraction of sp³-hybridized carbons (Fsp3) is 0.0667. The highest BCUT2D eigenvalue weighted by Crippen LogP contribution is 2.16. The van der Waals surface area contributed by atoms with Gasteiger partial charge in [0.2, 0.25) is 0 Å². The second-order valence-electron chi connectivity index (χ2n) is 3.77. The summed E-state index contributed by atoms with van der Waals surface area (Å²) < 4.78 is 5.15. The fourth-order valence-corrected chi connectivity index (χ4v) is 1.52. The van der Waals surface area contributed by atoms with Crippen LogP contribution in [-0.4, -0.2) is 16.1 Å². The van der Waals surface area contributed by atoms with Crippen molar-refractivity contribution >= 4 is 23.2 Å². The molecule has 0 radical (unpaired) electrons. The Morgan fingerprint density at radius 1 is 1.40 bits per heavy atom. The van der Waals surface area contributed by atoms with Crippen LogP contribution in [0.15, 0.2) is 60.4 Å². The van der Waals surface area contributed by atoms with E-state index in [4.69, 9.17) is 22.7 Å². The average molecular weight is 289 g/mol. The average Bonchev–Trinajstić information content (AvgIpc) is 2.44. The third-order valence-corrected chi connectivity index (χ3v) is 2.64. The van der Waals surface area contributed by atoms with Gasteiger partial charge in [0.25, 0.3) is 0 Å². The van der Waals surface area contributed by atoms with Gasteiger partial charge < -0.3 is 15.6 Å². The van der Waals surface area contributed by atoms with E-state index in [2.05, 4.69) is 6.58 Å². The minimum absolute atomic E-state index is 0.0286. The van der Waals surface area contributed by atoms with Gasteiger partial charge in [-0.05, 0) is 43.3 Å². The Bertz CT molecular complexity index is 586. The van der Waals surface area contributed by atoms with Crippen LogP contribution in [0.1, 0.15) is 12.5 Å². The molecule has 0 saturated carbocycles. The molecule has 0 fully saturated rings. The van der Waals surface area contributed by atoms with Gasteiger partial charge in [0, 0.05) is 5.56 Å². The van der Waals surface area contributed by atoms with E-state index in [-0.39, 0.29) is 16.3 Å². The Hall–Kier alpha value is -2.40. The Morgan fingerprint density at radius 2 is 2.00 bits per heavy atom. The number of esters is 1. The summed E-state index contributed by atoms with van der Waals surface area (Å²) in [6.45, 7) is 5.09. The molecule has 0 bridgehead atoms. The standard InChI is InChI=1S/C15H15NO3S/c1-3-5-12(13(17)4-2)15(18)19-11-8-6-10(7-9-11)14(16)20/h3-9,17H,1H2,2H3,(H2,16,20)/b12-5+,13-4+. The van der Waals surface area contributed by atoms with Crippen molar-refractivity contribution in [2.24, 2.45) is 5.73 Å². The van der Waals surface area contributed by atoms with E-state index in [0.29, 0.717) is 11.3 Å². The molecule has 1 aromatic rings. The number of carbonyl (C=O) groups is 1. The zero-order valence-electron chi connectivity index (χ0n) is 11.0. The highest BCUT2D eigenvalue weighted by Gasteiger charge is 2.15. The third kappa shape index (κ3) is 4.07. The van der Waals surface area contributed by atoms with E-state index in [1.165, 1.54) is 18.2 Å². The molecule has 3 N–H and O–H groups in total. The van der Waals surface area contributed by atoms with Crippen molar-refractivity contribution in [3.8, 4) is 5.75 Å². The lowest BCUT2D eigenvalue weighted by molar-refractivity contribution is -0.130. The molecule has 0 amide bonds. The van der Waals surface area contributed by atoms with E-state index in [9.17, 15) is 9.90 Å². The molecule has 0 saturated heterocycles. The first kappa shape index (κ1) is 15.7. The molecule has 0 aliphatic rings. The van der Waals surface area contributed by atoms with Gasteiger partial charge in [-0.15, -0.1) is 0 Å². The molecular weight excluding hydrogens is 274 g/mol. The Morgan fingerprint density at radius 3 is 2.45 bits per heavy atom. The number of aliphatic hydroxyl groups excluding tert-OH is 1. The van der Waals surface area contributed by atoms with Crippen molar-refractivity contribution in [2.75, 3.05) is 0 Å². The van der Waals surface area contributed by atoms with Crippen LogP contribution in [-0.2, 0) is 4.79 Å². The highest BCUT2D eigenvalue weighted by atomic mass is 32.1. The molecule has 20 heavy (non-hydrogen) atoms. The van der Waals surface area contributed by atoms with Crippen molar-refractivity contribution in [1.29, 1.82) is 0 Å². The summed E-state index contributed by atoms with van der Waals surface area (Å²) >= 11 is 4.83. The van der Waals surface area contributed by atoms with Crippen LogP contribution in [0, 0.1) is 0 Å². The highest BCUT2D eigenvalue weighted by molar-refractivity contribution is 7.80. The molecule has 0 unspecified atom stereocenters. The molecule has 4 nitrogen and oxygen atoms in total. The number of hydrogen-bond acceptors (Lipinski definition) is 4. The van der Waals surface area contributed by atoms with Gasteiger partial charge in [0.1, 0.15) is 22.1 Å². The molecular formula is C15H15NO3S. The summed E-state index contributed by atoms with van der Waals surface area (Å²) in [5.41, 5.74) is 6.18. The van der Waals surface area contributed by atoms with Crippen LogP contribution < -0.4 is 10.5 Å². The van der Waals surface area contributed by atoms with Crippen LogP contribution >= 0.6 is 12.2 Å². The number of carbonyl (C=O) groups excluding carboxylic acids is 1. The van der Waals surface area contributed by atoms with Gasteiger partial charge in [-0.3, -0.25) is 0 Å². The molecule has 0 spiro atoms. The number of hydrogen-bond donors (Lipinski definition) is 2. The normalized spacial score (nSPS) is 11.8. The van der Waals surface area contributed by atoms with Gasteiger partial charge in [-0.2, -0.15) is 0 Å². The van der Waals surface area contributed by atoms with Gasteiger partial charge in [0.15, 0.2) is 0 Å². The number of benzene rings is 1. The quantitative estimate of drug-likeness (QED) is 0.218. The number of aliphatic hydroxyl groups is 1. The number of thiocarbonyl (C=S) groups is 1. The summed E-state index contributed by atoms with van der Waals surface area (Å²) in [5, 5.41) is 9.62. The third-order valence-electron chi connectivity index (χ3n) is 2.40. The van der Waals surface area contributed by atoms with E-state index in [1.807, 2.05) is 0 Å². The lowest BCUT2D eigenvalue weighted by Crippen LogP contribution is -2.13. The molecule has 0 atom stereocenters. The van der Waals surface area contributed by atoms with Gasteiger partial charge >= 0.3 is 5.97 Å². The largest absolute Gasteiger partial charge is 0.507 e. The number of allylic oxidation sites excluding steroid dienone is 3. The van der Waals surface area contributed by atoms with Crippen LogP contribution in [0.4, 0.5) is 0 Å². The van der Waals surface area contributed by atoms with E-state index in [0.717, 1.165) is 0 Å². The fourth-order valence-electron chi connectivity index (χ4n) is 1.38. The van der Waals surface area contributed by atoms with Gasteiger partial charge in [-0.1, -0.05) is 24.9 Å². The van der Waals surface area contributed by atoms with Crippen molar-refractivity contribution in [3.05, 3.63) is 66.0 Å². The Balaban J connectivity index is 2.91. The number of nitrogens with two attached hydrogens (primary N) is 1. The Kier molecular flexibility index (Phi) is 5.68. The van der Waals surface area contributed by atoms with Crippen molar-refractivity contribution < 1.29 is 14.6 Å². The molecule has 0 aliphatic heterocycles. The summed E-state index contributed by atoms with van der Waals surface area (Å²) in [6, 6.07) is 6.45. The Labute approximate surface area is 122 Å². The zero-order valence-corrected chi connectivity index (χ0v) is 11.8. The van der Waals surface area contributed by atoms with Gasteiger partial charge in [0.05, 0.1) is 0 Å². The summed E-state index contributed by atoms with van der Waals surface area (Å²) in [5.74, 6) is -0.521. The second kappa shape index (κ2) is 7.25. The minimum Gasteiger partial charge on any atom is -0.507 e. The van der Waals surface area contributed by atoms with Crippen molar-refractivity contribution in [1.82, 2.24) is 0 Å². The maximum atomic E-state index is 11.9. The molecule has 0 aromatic heterocycles. The lowest BCUT2D eigenvalue weighted by atomic mass is 10.2. The zero-order chi connectivity index (χ0) is 15.1. The maximum Gasteiger partial charge on any atom is 0.347 e. The molecule has 0 aliphatic carbocycles. The molecule has 104 valence electrons. The van der Waals surface area contributed by atoms with Crippen LogP contribution in [0.2, 0.25) is 0 Å². The molecule has 5 heteroatoms. The topological polar surface area (TPSA) is 72.5 Å². The van der Waals surface area contributed by atoms with Crippen molar-refractivity contribution in [3.63, 3.8) is 0 Å². The molecule has 0 heterocycles. The summed E-state index contributed by atoms with van der Waals surface area (Å²) in [4.78, 5) is 12.2. The van der Waals surface area contributed by atoms with Gasteiger partial charge in [-0.25, -0.2) is 4.79 Å². The minimum atomic E-state index is -0.677. The van der Waals surface area contributed by atoms with Crippen LogP contribution in [0.3, 0.4) is 0 Å². The monoisotopic (exact) mass is 289 g/mol. The van der Waals surface area contributed by atoms with E-state index < -0.39 is 5.97 Å². The number of ether oxygens (including phenoxy) is 1. The lowest BCUT2D eigenvalue weighted by Gasteiger charge is -2.07. The first-order valence-electron chi connectivity index (χ1n) is 5.80. The van der Waals surface area contributed by atoms with Crippen LogP contribution in [0.25, 0.3) is 0 Å². The van der Waals surface area contributed by atoms with Crippen molar-refractivity contribution in [2.45, 2.75) is 6.92 Å². The first-order chi connectivity index (χ1) is 9.49. The van der Waals surface area contributed by atoms with E-state index in [1.54, 1.807) is 31.2 Å². The first-order valence-corrected chi connectivity index (χ1v) is 6.20. The molecule has 1 aromatic carbocycles. The molecule has 1 rings (SSSR count). The summed E-state index contributed by atoms with van der Waals surface area (Å²) in [6.07, 6.45) is 4.17. The maximum absolute atomic E-state index is 11.9. The smallest absolute Gasteiger partial charge is 0.347 e. The van der Waals surface area contributed by atoms with Crippen LogP contribution in [0.5, 0.6) is 5.75 Å². The summed E-state index contributed by atoms with van der Waals surface area (Å²) in [7, 11) is 0. The predicted molar refractivity (Wildman–Crippen MR) is 82.6 cm³/mol. The number of rotatable bonds is 5. The predicted octanol–water partition coefficient (Wildman–Crippen LogP) is 2.80.